The standard InChI is InChI=1S/C16H30N2O3/c1-13-7-6-10-16(11-13,18(2)3)12-17-14(19)8-4-5-9-15(20)21/h13H,4-12H2,1-3H3,(H,17,19)(H,20,21). The van der Waals surface area contributed by atoms with Gasteiger partial charge in [-0.15, -0.1) is 0 Å². The molecule has 5 nitrogen and oxygen atoms in total. The normalized spacial score (nSPS) is 25.8. The zero-order chi connectivity index (χ0) is 15.9. The maximum absolute atomic E-state index is 11.9. The number of carbonyl (C=O) groups excluding carboxylic acids is 1. The van der Waals surface area contributed by atoms with Gasteiger partial charge < -0.3 is 15.3 Å². The van der Waals surface area contributed by atoms with Gasteiger partial charge in [0.15, 0.2) is 0 Å². The molecular weight excluding hydrogens is 268 g/mol. The number of aliphatic carboxylic acids is 1. The predicted octanol–water partition coefficient (Wildman–Crippen LogP) is 2.26. The molecule has 1 fully saturated rings. The van der Waals surface area contributed by atoms with Crippen LogP contribution in [0.1, 0.15) is 58.3 Å². The van der Waals surface area contributed by atoms with E-state index in [0.717, 1.165) is 12.8 Å². The van der Waals surface area contributed by atoms with E-state index in [4.69, 9.17) is 5.11 Å². The molecule has 1 aliphatic rings. The molecule has 0 aromatic rings. The van der Waals surface area contributed by atoms with Crippen molar-refractivity contribution in [2.45, 2.75) is 63.8 Å². The molecule has 2 N–H and O–H groups in total. The van der Waals surface area contributed by atoms with Crippen molar-refractivity contribution in [3.8, 4) is 0 Å². The fraction of sp³-hybridized carbons (Fsp3) is 0.875. The summed E-state index contributed by atoms with van der Waals surface area (Å²) in [5.41, 5.74) is 0.0778. The third-order valence-corrected chi connectivity index (χ3v) is 4.68. The van der Waals surface area contributed by atoms with Gasteiger partial charge in [0.05, 0.1) is 0 Å². The SMILES string of the molecule is CC1CCCC(CNC(=O)CCCCC(=O)O)(N(C)C)C1. The first-order chi connectivity index (χ1) is 9.85. The summed E-state index contributed by atoms with van der Waals surface area (Å²) < 4.78 is 0. The van der Waals surface area contributed by atoms with Crippen LogP contribution in [0.3, 0.4) is 0 Å². The van der Waals surface area contributed by atoms with Crippen molar-refractivity contribution in [3.05, 3.63) is 0 Å². The Balaban J connectivity index is 2.36. The number of carboxylic acids is 1. The van der Waals surface area contributed by atoms with E-state index in [0.29, 0.717) is 31.7 Å². The number of amides is 1. The summed E-state index contributed by atoms with van der Waals surface area (Å²) in [6.07, 6.45) is 6.52. The Morgan fingerprint density at radius 2 is 1.95 bits per heavy atom. The molecule has 0 aliphatic heterocycles. The highest BCUT2D eigenvalue weighted by Crippen LogP contribution is 2.35. The van der Waals surface area contributed by atoms with Crippen molar-refractivity contribution in [3.63, 3.8) is 0 Å². The highest BCUT2D eigenvalue weighted by Gasteiger charge is 2.36. The lowest BCUT2D eigenvalue weighted by atomic mass is 9.75. The van der Waals surface area contributed by atoms with Crippen LogP contribution in [0.4, 0.5) is 0 Å². The predicted molar refractivity (Wildman–Crippen MR) is 83.2 cm³/mol. The number of nitrogens with zero attached hydrogens (tertiary/aromatic N) is 1. The van der Waals surface area contributed by atoms with Crippen LogP contribution in [-0.4, -0.2) is 48.1 Å². The van der Waals surface area contributed by atoms with E-state index >= 15 is 0 Å². The maximum atomic E-state index is 11.9. The number of likely N-dealkylation sites (N-methyl/N-ethyl adjacent to an activating group) is 1. The zero-order valence-electron chi connectivity index (χ0n) is 13.7. The van der Waals surface area contributed by atoms with Gasteiger partial charge in [-0.05, 0) is 45.7 Å². The van der Waals surface area contributed by atoms with Gasteiger partial charge in [-0.2, -0.15) is 0 Å². The first-order valence-corrected chi connectivity index (χ1v) is 8.02. The van der Waals surface area contributed by atoms with Crippen molar-refractivity contribution in [1.82, 2.24) is 10.2 Å². The van der Waals surface area contributed by atoms with E-state index in [-0.39, 0.29) is 17.9 Å². The van der Waals surface area contributed by atoms with Crippen LogP contribution < -0.4 is 5.32 Å². The van der Waals surface area contributed by atoms with Gasteiger partial charge >= 0.3 is 5.97 Å². The number of unbranched alkanes of at least 4 members (excludes halogenated alkanes) is 1. The fourth-order valence-corrected chi connectivity index (χ4v) is 3.27. The number of hydrogen-bond donors (Lipinski definition) is 2. The molecule has 0 bridgehead atoms. The average molecular weight is 298 g/mol. The zero-order valence-corrected chi connectivity index (χ0v) is 13.7. The van der Waals surface area contributed by atoms with Crippen LogP contribution >= 0.6 is 0 Å². The van der Waals surface area contributed by atoms with Crippen molar-refractivity contribution < 1.29 is 14.7 Å². The molecule has 0 aromatic heterocycles. The Hall–Kier alpha value is -1.10. The summed E-state index contributed by atoms with van der Waals surface area (Å²) >= 11 is 0. The third kappa shape index (κ3) is 6.04. The molecule has 5 heteroatoms. The van der Waals surface area contributed by atoms with E-state index in [1.807, 2.05) is 0 Å². The van der Waals surface area contributed by atoms with Crippen molar-refractivity contribution in [1.29, 1.82) is 0 Å². The first kappa shape index (κ1) is 18.0. The summed E-state index contributed by atoms with van der Waals surface area (Å²) in [7, 11) is 4.19. The molecule has 1 amide bonds. The van der Waals surface area contributed by atoms with E-state index < -0.39 is 5.97 Å². The Morgan fingerprint density at radius 1 is 1.29 bits per heavy atom. The Kier molecular flexibility index (Phi) is 7.15. The van der Waals surface area contributed by atoms with Gasteiger partial charge in [0.1, 0.15) is 0 Å². The van der Waals surface area contributed by atoms with Gasteiger partial charge in [0.2, 0.25) is 5.91 Å². The van der Waals surface area contributed by atoms with E-state index in [2.05, 4.69) is 31.2 Å². The molecule has 1 aliphatic carbocycles. The molecular formula is C16H30N2O3. The Labute approximate surface area is 128 Å². The molecule has 0 aromatic carbocycles. The van der Waals surface area contributed by atoms with Gasteiger partial charge in [-0.25, -0.2) is 0 Å². The molecule has 0 radical (unpaired) electrons. The van der Waals surface area contributed by atoms with Crippen LogP contribution in [0.15, 0.2) is 0 Å². The molecule has 1 saturated carbocycles. The second-order valence-corrected chi connectivity index (χ2v) is 6.70. The molecule has 21 heavy (non-hydrogen) atoms. The molecule has 122 valence electrons. The minimum atomic E-state index is -0.793. The molecule has 0 heterocycles. The van der Waals surface area contributed by atoms with Crippen LogP contribution in [0.5, 0.6) is 0 Å². The van der Waals surface area contributed by atoms with Crippen LogP contribution in [0, 0.1) is 5.92 Å². The van der Waals surface area contributed by atoms with Crippen molar-refractivity contribution in [2.75, 3.05) is 20.6 Å². The van der Waals surface area contributed by atoms with Gasteiger partial charge in [-0.3, -0.25) is 9.59 Å². The minimum absolute atomic E-state index is 0.0415. The maximum Gasteiger partial charge on any atom is 0.303 e. The van der Waals surface area contributed by atoms with Crippen molar-refractivity contribution in [2.24, 2.45) is 5.92 Å². The lowest BCUT2D eigenvalue weighted by Crippen LogP contribution is -2.55. The largest absolute Gasteiger partial charge is 0.481 e. The quantitative estimate of drug-likeness (QED) is 0.674. The second-order valence-electron chi connectivity index (χ2n) is 6.70. The lowest BCUT2D eigenvalue weighted by molar-refractivity contribution is -0.137. The number of carbonyl (C=O) groups is 2. The van der Waals surface area contributed by atoms with Crippen LogP contribution in [0.25, 0.3) is 0 Å². The number of carboxylic acid groups (broad SMARTS) is 1. The molecule has 1 rings (SSSR count). The monoisotopic (exact) mass is 298 g/mol. The van der Waals surface area contributed by atoms with E-state index in [1.54, 1.807) is 0 Å². The number of rotatable bonds is 8. The first-order valence-electron chi connectivity index (χ1n) is 8.02. The summed E-state index contributed by atoms with van der Waals surface area (Å²) in [5, 5.41) is 11.6. The number of nitrogens with one attached hydrogen (secondary N) is 1. The van der Waals surface area contributed by atoms with E-state index in [1.165, 1.54) is 12.8 Å². The summed E-state index contributed by atoms with van der Waals surface area (Å²) in [4.78, 5) is 24.6. The fourth-order valence-electron chi connectivity index (χ4n) is 3.27. The molecule has 2 unspecified atom stereocenters. The summed E-state index contributed by atoms with van der Waals surface area (Å²) in [6, 6.07) is 0. The topological polar surface area (TPSA) is 69.6 Å². The minimum Gasteiger partial charge on any atom is -0.481 e. The Morgan fingerprint density at radius 3 is 2.52 bits per heavy atom. The molecule has 0 spiro atoms. The highest BCUT2D eigenvalue weighted by molar-refractivity contribution is 5.76. The lowest BCUT2D eigenvalue weighted by Gasteiger charge is -2.45. The second kappa shape index (κ2) is 8.37. The van der Waals surface area contributed by atoms with Crippen molar-refractivity contribution >= 4 is 11.9 Å². The third-order valence-electron chi connectivity index (χ3n) is 4.68. The van der Waals surface area contributed by atoms with Gasteiger partial charge in [0, 0.05) is 24.9 Å². The smallest absolute Gasteiger partial charge is 0.303 e. The molecule has 0 saturated heterocycles. The summed E-state index contributed by atoms with van der Waals surface area (Å²) in [5.74, 6) is -0.0494. The van der Waals surface area contributed by atoms with Crippen LogP contribution in [-0.2, 0) is 9.59 Å². The van der Waals surface area contributed by atoms with E-state index in [9.17, 15) is 9.59 Å². The molecule has 2 atom stereocenters. The van der Waals surface area contributed by atoms with Crippen LogP contribution in [0.2, 0.25) is 0 Å². The van der Waals surface area contributed by atoms with Gasteiger partial charge in [-0.1, -0.05) is 19.8 Å². The Bertz CT molecular complexity index is 357. The highest BCUT2D eigenvalue weighted by atomic mass is 16.4. The average Bonchev–Trinajstić information content (AvgIpc) is 2.41. The van der Waals surface area contributed by atoms with Gasteiger partial charge in [0.25, 0.3) is 0 Å². The number of hydrogen-bond acceptors (Lipinski definition) is 3. The summed E-state index contributed by atoms with van der Waals surface area (Å²) in [6.45, 7) is 2.98.